The Kier molecular flexibility index (Phi) is 6.74. The lowest BCUT2D eigenvalue weighted by Crippen LogP contribution is -2.49. The lowest BCUT2D eigenvalue weighted by molar-refractivity contribution is -0.385. The first-order valence-electron chi connectivity index (χ1n) is 9.32. The summed E-state index contributed by atoms with van der Waals surface area (Å²) < 4.78 is 5.33. The number of esters is 1. The zero-order valence-electron chi connectivity index (χ0n) is 17.3. The van der Waals surface area contributed by atoms with Crippen LogP contribution < -0.4 is 0 Å². The van der Waals surface area contributed by atoms with Crippen molar-refractivity contribution in [2.75, 3.05) is 0 Å². The molecule has 0 heterocycles. The van der Waals surface area contributed by atoms with E-state index >= 15 is 0 Å². The zero-order chi connectivity index (χ0) is 21.8. The van der Waals surface area contributed by atoms with E-state index in [1.54, 1.807) is 11.8 Å². The number of nitro benzene ring substituents is 1. The molecule has 1 amide bonds. The molecule has 0 N–H and O–H groups in total. The molecule has 29 heavy (non-hydrogen) atoms. The molecule has 0 radical (unpaired) electrons. The summed E-state index contributed by atoms with van der Waals surface area (Å²) in [6.45, 7) is 9.20. The molecule has 0 unspecified atom stereocenters. The van der Waals surface area contributed by atoms with Crippen LogP contribution in [0.15, 0.2) is 48.5 Å². The second-order valence-corrected chi connectivity index (χ2v) is 7.89. The van der Waals surface area contributed by atoms with Crippen molar-refractivity contribution in [3.8, 4) is 0 Å². The van der Waals surface area contributed by atoms with Gasteiger partial charge in [0.05, 0.1) is 10.5 Å². The van der Waals surface area contributed by atoms with Crippen LogP contribution in [0, 0.1) is 17.0 Å². The van der Waals surface area contributed by atoms with E-state index in [1.165, 1.54) is 25.1 Å². The van der Waals surface area contributed by atoms with Crippen LogP contribution >= 0.6 is 0 Å². The van der Waals surface area contributed by atoms with E-state index in [0.717, 1.165) is 5.56 Å². The molecule has 2 aromatic carbocycles. The van der Waals surface area contributed by atoms with Crippen LogP contribution in [0.2, 0.25) is 0 Å². The molecule has 0 spiro atoms. The number of hydrogen-bond acceptors (Lipinski definition) is 5. The molecule has 7 heteroatoms. The predicted molar refractivity (Wildman–Crippen MR) is 109 cm³/mol. The van der Waals surface area contributed by atoms with E-state index in [4.69, 9.17) is 4.74 Å². The number of carbonyl (C=O) groups is 2. The van der Waals surface area contributed by atoms with E-state index < -0.39 is 22.5 Å². The number of nitrogens with zero attached hydrogens (tertiary/aromatic N) is 2. The molecule has 0 saturated heterocycles. The molecule has 2 aromatic rings. The predicted octanol–water partition coefficient (Wildman–Crippen LogP) is 4.28. The van der Waals surface area contributed by atoms with Gasteiger partial charge in [-0.25, -0.2) is 4.79 Å². The summed E-state index contributed by atoms with van der Waals surface area (Å²) in [6.07, 6.45) is -1.04. The van der Waals surface area contributed by atoms with Crippen LogP contribution in [0.5, 0.6) is 0 Å². The smallest absolute Gasteiger partial charge is 0.339 e. The van der Waals surface area contributed by atoms with Gasteiger partial charge in [-0.05, 0) is 46.2 Å². The molecule has 0 aliphatic rings. The van der Waals surface area contributed by atoms with Gasteiger partial charge in [-0.3, -0.25) is 14.9 Å². The van der Waals surface area contributed by atoms with Crippen LogP contribution in [0.1, 0.15) is 49.2 Å². The van der Waals surface area contributed by atoms with Gasteiger partial charge in [-0.1, -0.05) is 36.4 Å². The minimum Gasteiger partial charge on any atom is -0.449 e. The van der Waals surface area contributed by atoms with Crippen molar-refractivity contribution in [3.05, 3.63) is 75.3 Å². The van der Waals surface area contributed by atoms with Crippen LogP contribution in [0.4, 0.5) is 5.69 Å². The van der Waals surface area contributed by atoms with Crippen LogP contribution in [-0.4, -0.2) is 33.3 Å². The Hall–Kier alpha value is -3.22. The molecule has 0 aliphatic carbocycles. The molecule has 0 saturated carbocycles. The highest BCUT2D eigenvalue weighted by atomic mass is 16.6. The zero-order valence-corrected chi connectivity index (χ0v) is 17.3. The SMILES string of the molecule is Cc1ccc(C(=O)O[C@H](C)C(=O)N(Cc2ccccc2)C(C)(C)C)cc1[N+](=O)[O-]. The highest BCUT2D eigenvalue weighted by molar-refractivity contribution is 5.93. The highest BCUT2D eigenvalue weighted by Gasteiger charge is 2.32. The van der Waals surface area contributed by atoms with E-state index in [1.807, 2.05) is 51.1 Å². The number of aryl methyl sites for hydroxylation is 1. The largest absolute Gasteiger partial charge is 0.449 e. The van der Waals surface area contributed by atoms with E-state index in [-0.39, 0.29) is 17.2 Å². The monoisotopic (exact) mass is 398 g/mol. The Morgan fingerprint density at radius 2 is 1.76 bits per heavy atom. The standard InChI is InChI=1S/C22H26N2O5/c1-15-11-12-18(13-19(15)24(27)28)21(26)29-16(2)20(25)23(22(3,4)5)14-17-9-7-6-8-10-17/h6-13,16H,14H2,1-5H3/t16-/m1/s1. The van der Waals surface area contributed by atoms with Crippen LogP contribution in [-0.2, 0) is 16.1 Å². The second kappa shape index (κ2) is 8.86. The van der Waals surface area contributed by atoms with E-state index in [0.29, 0.717) is 12.1 Å². The molecule has 7 nitrogen and oxygen atoms in total. The Bertz CT molecular complexity index is 903. The van der Waals surface area contributed by atoms with E-state index in [2.05, 4.69) is 0 Å². The lowest BCUT2D eigenvalue weighted by atomic mass is 10.0. The Balaban J connectivity index is 2.17. The third-order valence-corrected chi connectivity index (χ3v) is 4.53. The summed E-state index contributed by atoms with van der Waals surface area (Å²) in [4.78, 5) is 37.7. The van der Waals surface area contributed by atoms with Gasteiger partial charge >= 0.3 is 5.97 Å². The molecule has 2 rings (SSSR count). The quantitative estimate of drug-likeness (QED) is 0.412. The summed E-state index contributed by atoms with van der Waals surface area (Å²) in [7, 11) is 0. The number of carbonyl (C=O) groups excluding carboxylic acids is 2. The first kappa shape index (κ1) is 22.1. The lowest BCUT2D eigenvalue weighted by Gasteiger charge is -2.37. The van der Waals surface area contributed by atoms with Crippen molar-refractivity contribution >= 4 is 17.6 Å². The van der Waals surface area contributed by atoms with Crippen molar-refractivity contribution in [2.45, 2.75) is 52.8 Å². The van der Waals surface area contributed by atoms with Gasteiger partial charge in [-0.15, -0.1) is 0 Å². The molecule has 0 fully saturated rings. The van der Waals surface area contributed by atoms with Gasteiger partial charge in [0.15, 0.2) is 6.10 Å². The van der Waals surface area contributed by atoms with Gasteiger partial charge in [0.1, 0.15) is 0 Å². The average molecular weight is 398 g/mol. The van der Waals surface area contributed by atoms with Crippen molar-refractivity contribution in [1.29, 1.82) is 0 Å². The Labute approximate surface area is 170 Å². The first-order chi connectivity index (χ1) is 13.5. The number of rotatable bonds is 6. The van der Waals surface area contributed by atoms with Crippen molar-refractivity contribution < 1.29 is 19.2 Å². The third kappa shape index (κ3) is 5.63. The summed E-state index contributed by atoms with van der Waals surface area (Å²) in [5.74, 6) is -1.11. The van der Waals surface area contributed by atoms with Crippen LogP contribution in [0.3, 0.4) is 0 Å². The first-order valence-corrected chi connectivity index (χ1v) is 9.32. The second-order valence-electron chi connectivity index (χ2n) is 7.89. The molecule has 154 valence electrons. The number of amides is 1. The minimum atomic E-state index is -1.04. The maximum atomic E-state index is 13.0. The van der Waals surface area contributed by atoms with Gasteiger partial charge in [0.2, 0.25) is 0 Å². The van der Waals surface area contributed by atoms with Gasteiger partial charge in [0.25, 0.3) is 11.6 Å². The number of ether oxygens (including phenoxy) is 1. The molecule has 0 aliphatic heterocycles. The average Bonchev–Trinajstić information content (AvgIpc) is 2.65. The molecular formula is C22H26N2O5. The normalized spacial score (nSPS) is 12.2. The molecule has 1 atom stereocenters. The minimum absolute atomic E-state index is 0.0346. The fourth-order valence-corrected chi connectivity index (χ4v) is 2.84. The van der Waals surface area contributed by atoms with Gasteiger partial charge in [0, 0.05) is 23.7 Å². The van der Waals surface area contributed by atoms with Crippen molar-refractivity contribution in [1.82, 2.24) is 4.90 Å². The summed E-state index contributed by atoms with van der Waals surface area (Å²) >= 11 is 0. The summed E-state index contributed by atoms with van der Waals surface area (Å²) in [5.41, 5.74) is 0.781. The topological polar surface area (TPSA) is 89.8 Å². The maximum Gasteiger partial charge on any atom is 0.339 e. The highest BCUT2D eigenvalue weighted by Crippen LogP contribution is 2.22. The van der Waals surface area contributed by atoms with Gasteiger partial charge in [-0.2, -0.15) is 0 Å². The van der Waals surface area contributed by atoms with Crippen molar-refractivity contribution in [2.24, 2.45) is 0 Å². The fourth-order valence-electron chi connectivity index (χ4n) is 2.84. The fraction of sp³-hybridized carbons (Fsp3) is 0.364. The van der Waals surface area contributed by atoms with E-state index in [9.17, 15) is 19.7 Å². The number of nitro groups is 1. The number of benzene rings is 2. The summed E-state index contributed by atoms with van der Waals surface area (Å²) in [5, 5.41) is 11.1. The molecule has 0 bridgehead atoms. The van der Waals surface area contributed by atoms with Crippen LogP contribution in [0.25, 0.3) is 0 Å². The third-order valence-electron chi connectivity index (χ3n) is 4.53. The summed E-state index contributed by atoms with van der Waals surface area (Å²) in [6, 6.07) is 13.6. The molecule has 0 aromatic heterocycles. The Morgan fingerprint density at radius 1 is 1.14 bits per heavy atom. The van der Waals surface area contributed by atoms with Gasteiger partial charge < -0.3 is 9.64 Å². The van der Waals surface area contributed by atoms with Crippen molar-refractivity contribution in [3.63, 3.8) is 0 Å². The maximum absolute atomic E-state index is 13.0. The Morgan fingerprint density at radius 3 is 2.31 bits per heavy atom. The molecular weight excluding hydrogens is 372 g/mol. The number of hydrogen-bond donors (Lipinski definition) is 0.